The summed E-state index contributed by atoms with van der Waals surface area (Å²) in [5.41, 5.74) is 0.165. The highest BCUT2D eigenvalue weighted by Crippen LogP contribution is 2.38. The molecule has 1 fully saturated rings. The summed E-state index contributed by atoms with van der Waals surface area (Å²) in [6, 6.07) is 5.52. The summed E-state index contributed by atoms with van der Waals surface area (Å²) < 4.78 is 11.0. The summed E-state index contributed by atoms with van der Waals surface area (Å²) in [7, 11) is 1.55. The molecule has 1 amide bonds. The van der Waals surface area contributed by atoms with E-state index >= 15 is 0 Å². The average molecular weight is 361 g/mol. The van der Waals surface area contributed by atoms with Crippen LogP contribution in [0.1, 0.15) is 25.8 Å². The number of benzene rings is 1. The minimum Gasteiger partial charge on any atom is -0.493 e. The molecule has 0 aromatic heterocycles. The Morgan fingerprint density at radius 2 is 2.12 bits per heavy atom. The zero-order valence-corrected chi connectivity index (χ0v) is 15.7. The molecule has 2 rings (SSSR count). The SMILES string of the molecule is C=CCc1ccc(OCC(=O)N2CCC(C(=O)O)(C(C)C)C2)c(OC)c1. The topological polar surface area (TPSA) is 76.1 Å². The lowest BCUT2D eigenvalue weighted by Crippen LogP contribution is -2.41. The first-order chi connectivity index (χ1) is 12.3. The zero-order valence-electron chi connectivity index (χ0n) is 15.7. The third-order valence-electron chi connectivity index (χ3n) is 5.14. The lowest BCUT2D eigenvalue weighted by molar-refractivity contribution is -0.151. The molecule has 26 heavy (non-hydrogen) atoms. The highest BCUT2D eigenvalue weighted by atomic mass is 16.5. The Bertz CT molecular complexity index is 685. The van der Waals surface area contributed by atoms with Crippen LogP contribution in [0.25, 0.3) is 0 Å². The van der Waals surface area contributed by atoms with Crippen LogP contribution in [0.4, 0.5) is 0 Å². The van der Waals surface area contributed by atoms with Crippen molar-refractivity contribution in [3.8, 4) is 11.5 Å². The number of rotatable bonds is 8. The van der Waals surface area contributed by atoms with Gasteiger partial charge in [0.1, 0.15) is 0 Å². The van der Waals surface area contributed by atoms with Crippen molar-refractivity contribution in [2.75, 3.05) is 26.8 Å². The minimum absolute atomic E-state index is 0.0452. The highest BCUT2D eigenvalue weighted by molar-refractivity contribution is 5.81. The van der Waals surface area contributed by atoms with E-state index in [4.69, 9.17) is 9.47 Å². The fourth-order valence-corrected chi connectivity index (χ4v) is 3.29. The number of hydrogen-bond donors (Lipinski definition) is 1. The number of likely N-dealkylation sites (tertiary alicyclic amines) is 1. The van der Waals surface area contributed by atoms with Gasteiger partial charge in [-0.1, -0.05) is 26.0 Å². The number of carbonyl (C=O) groups is 2. The number of amides is 1. The first-order valence-corrected chi connectivity index (χ1v) is 8.76. The molecule has 0 aliphatic carbocycles. The van der Waals surface area contributed by atoms with E-state index in [1.165, 1.54) is 0 Å². The van der Waals surface area contributed by atoms with Gasteiger partial charge in [-0.05, 0) is 36.5 Å². The normalized spacial score (nSPS) is 19.5. The van der Waals surface area contributed by atoms with Gasteiger partial charge in [0.05, 0.1) is 12.5 Å². The summed E-state index contributed by atoms with van der Waals surface area (Å²) in [4.78, 5) is 25.7. The zero-order chi connectivity index (χ0) is 19.3. The largest absolute Gasteiger partial charge is 0.493 e. The molecule has 1 unspecified atom stereocenters. The predicted octanol–water partition coefficient (Wildman–Crippen LogP) is 2.76. The molecule has 1 aromatic rings. The van der Waals surface area contributed by atoms with Crippen molar-refractivity contribution in [3.63, 3.8) is 0 Å². The number of carboxylic acid groups (broad SMARTS) is 1. The van der Waals surface area contributed by atoms with Crippen molar-refractivity contribution in [3.05, 3.63) is 36.4 Å². The molecule has 6 heteroatoms. The van der Waals surface area contributed by atoms with Crippen molar-refractivity contribution in [1.82, 2.24) is 4.90 Å². The third-order valence-corrected chi connectivity index (χ3v) is 5.14. The molecule has 0 radical (unpaired) electrons. The second-order valence-electron chi connectivity index (χ2n) is 6.95. The van der Waals surface area contributed by atoms with Gasteiger partial charge in [0.2, 0.25) is 0 Å². The van der Waals surface area contributed by atoms with Gasteiger partial charge in [0.15, 0.2) is 18.1 Å². The van der Waals surface area contributed by atoms with Gasteiger partial charge < -0.3 is 19.5 Å². The van der Waals surface area contributed by atoms with Crippen LogP contribution in [-0.4, -0.2) is 48.7 Å². The van der Waals surface area contributed by atoms with Gasteiger partial charge in [-0.2, -0.15) is 0 Å². The number of hydrogen-bond acceptors (Lipinski definition) is 4. The Hall–Kier alpha value is -2.50. The smallest absolute Gasteiger partial charge is 0.311 e. The fraction of sp³-hybridized carbons (Fsp3) is 0.500. The van der Waals surface area contributed by atoms with Crippen LogP contribution < -0.4 is 9.47 Å². The van der Waals surface area contributed by atoms with Crippen molar-refractivity contribution in [2.45, 2.75) is 26.7 Å². The minimum atomic E-state index is -0.875. The van der Waals surface area contributed by atoms with Crippen molar-refractivity contribution >= 4 is 11.9 Å². The first-order valence-electron chi connectivity index (χ1n) is 8.76. The molecule has 0 spiro atoms. The first kappa shape index (κ1) is 19.8. The van der Waals surface area contributed by atoms with E-state index in [1.807, 2.05) is 26.0 Å². The maximum atomic E-state index is 12.5. The van der Waals surface area contributed by atoms with Crippen LogP contribution >= 0.6 is 0 Å². The molecule has 1 aromatic carbocycles. The Labute approximate surface area is 154 Å². The lowest BCUT2D eigenvalue weighted by Gasteiger charge is -2.28. The molecule has 6 nitrogen and oxygen atoms in total. The van der Waals surface area contributed by atoms with Gasteiger partial charge in [0, 0.05) is 13.1 Å². The summed E-state index contributed by atoms with van der Waals surface area (Å²) in [5.74, 6) is -0.0627. The van der Waals surface area contributed by atoms with Crippen LogP contribution in [0.3, 0.4) is 0 Å². The molecule has 142 valence electrons. The monoisotopic (exact) mass is 361 g/mol. The molecule has 0 bridgehead atoms. The Morgan fingerprint density at radius 1 is 1.38 bits per heavy atom. The number of methoxy groups -OCH3 is 1. The van der Waals surface area contributed by atoms with E-state index < -0.39 is 11.4 Å². The van der Waals surface area contributed by atoms with Gasteiger partial charge in [0.25, 0.3) is 5.91 Å². The van der Waals surface area contributed by atoms with Crippen LogP contribution in [0.2, 0.25) is 0 Å². The van der Waals surface area contributed by atoms with Crippen LogP contribution in [0.5, 0.6) is 11.5 Å². The summed E-state index contributed by atoms with van der Waals surface area (Å²) in [5, 5.41) is 9.59. The van der Waals surface area contributed by atoms with Gasteiger partial charge in [-0.15, -0.1) is 6.58 Å². The number of nitrogens with zero attached hydrogens (tertiary/aromatic N) is 1. The lowest BCUT2D eigenvalue weighted by atomic mass is 9.76. The Morgan fingerprint density at radius 3 is 2.65 bits per heavy atom. The van der Waals surface area contributed by atoms with Gasteiger partial charge in [-0.25, -0.2) is 0 Å². The number of allylic oxidation sites excluding steroid dienone is 1. The third kappa shape index (κ3) is 4.00. The van der Waals surface area contributed by atoms with Crippen LogP contribution in [-0.2, 0) is 16.0 Å². The molecule has 1 N–H and O–H groups in total. The van der Waals surface area contributed by atoms with Crippen LogP contribution in [0, 0.1) is 11.3 Å². The molecule has 1 atom stereocenters. The van der Waals surface area contributed by atoms with Crippen molar-refractivity contribution in [2.24, 2.45) is 11.3 Å². The molecule has 0 saturated carbocycles. The highest BCUT2D eigenvalue weighted by Gasteiger charge is 2.48. The summed E-state index contributed by atoms with van der Waals surface area (Å²) in [6.07, 6.45) is 2.98. The summed E-state index contributed by atoms with van der Waals surface area (Å²) >= 11 is 0. The van der Waals surface area contributed by atoms with E-state index in [0.29, 0.717) is 24.5 Å². The second-order valence-corrected chi connectivity index (χ2v) is 6.95. The van der Waals surface area contributed by atoms with E-state index in [0.717, 1.165) is 12.0 Å². The predicted molar refractivity (Wildman–Crippen MR) is 98.5 cm³/mol. The van der Waals surface area contributed by atoms with Crippen molar-refractivity contribution < 1.29 is 24.2 Å². The quantitative estimate of drug-likeness (QED) is 0.721. The molecular formula is C20H27NO5. The van der Waals surface area contributed by atoms with E-state index in [-0.39, 0.29) is 25.0 Å². The fourth-order valence-electron chi connectivity index (χ4n) is 3.29. The number of ether oxygens (including phenoxy) is 2. The number of carboxylic acids is 1. The second kappa shape index (κ2) is 8.25. The Balaban J connectivity index is 2.01. The molecule has 1 heterocycles. The Kier molecular flexibility index (Phi) is 6.29. The maximum absolute atomic E-state index is 12.5. The summed E-state index contributed by atoms with van der Waals surface area (Å²) in [6.45, 7) is 7.98. The standard InChI is InChI=1S/C20H27NO5/c1-5-6-15-7-8-16(17(11-15)25-4)26-12-18(22)21-10-9-20(13-21,14(2)3)19(23)24/h5,7-8,11,14H,1,6,9-10,12-13H2,2-4H3,(H,23,24). The van der Waals surface area contributed by atoms with E-state index in [9.17, 15) is 14.7 Å². The molecule has 1 aliphatic heterocycles. The van der Waals surface area contributed by atoms with Crippen LogP contribution in [0.15, 0.2) is 30.9 Å². The van der Waals surface area contributed by atoms with Gasteiger partial charge >= 0.3 is 5.97 Å². The van der Waals surface area contributed by atoms with Gasteiger partial charge in [-0.3, -0.25) is 9.59 Å². The molecule has 1 saturated heterocycles. The maximum Gasteiger partial charge on any atom is 0.311 e. The number of aliphatic carboxylic acids is 1. The van der Waals surface area contributed by atoms with E-state index in [1.54, 1.807) is 24.2 Å². The van der Waals surface area contributed by atoms with E-state index in [2.05, 4.69) is 6.58 Å². The average Bonchev–Trinajstić information content (AvgIpc) is 3.07. The molecular weight excluding hydrogens is 334 g/mol. The number of carbonyl (C=O) groups excluding carboxylic acids is 1. The molecule has 1 aliphatic rings. The van der Waals surface area contributed by atoms with Crippen molar-refractivity contribution in [1.29, 1.82) is 0 Å².